The average molecular weight is 360 g/mol. The van der Waals surface area contributed by atoms with Crippen LogP contribution in [0, 0.1) is 17.3 Å². The van der Waals surface area contributed by atoms with Crippen LogP contribution in [0.1, 0.15) is 51.5 Å². The minimum Gasteiger partial charge on any atom is -0.481 e. The molecular formula is C21H28O5. The summed E-state index contributed by atoms with van der Waals surface area (Å²) in [5, 5.41) is 10.0. The molecule has 0 bridgehead atoms. The second-order valence-corrected chi connectivity index (χ2v) is 7.68. The molecule has 2 aliphatic rings. The van der Waals surface area contributed by atoms with Gasteiger partial charge in [0.25, 0.3) is 0 Å². The fourth-order valence-electron chi connectivity index (χ4n) is 4.66. The van der Waals surface area contributed by atoms with Gasteiger partial charge < -0.3 is 14.6 Å². The SMILES string of the molecule is CCCCOC(=O)C1(C(C)c2ccccc2)CC2OC2C(C)C1C(=O)O. The number of hydrogen-bond acceptors (Lipinski definition) is 4. The Morgan fingerprint density at radius 2 is 2.04 bits per heavy atom. The van der Waals surface area contributed by atoms with E-state index in [1.165, 1.54) is 0 Å². The summed E-state index contributed by atoms with van der Waals surface area (Å²) in [4.78, 5) is 25.5. The maximum atomic E-state index is 13.3. The molecule has 142 valence electrons. The Bertz CT molecular complexity index is 658. The van der Waals surface area contributed by atoms with Crippen LogP contribution in [0.4, 0.5) is 0 Å². The molecule has 1 saturated carbocycles. The van der Waals surface area contributed by atoms with Crippen molar-refractivity contribution in [3.63, 3.8) is 0 Å². The van der Waals surface area contributed by atoms with Gasteiger partial charge >= 0.3 is 11.9 Å². The number of epoxide rings is 1. The normalized spacial score (nSPS) is 33.8. The van der Waals surface area contributed by atoms with Crippen LogP contribution in [0.15, 0.2) is 30.3 Å². The number of esters is 1. The van der Waals surface area contributed by atoms with E-state index >= 15 is 0 Å². The third kappa shape index (κ3) is 3.13. The molecule has 1 aromatic carbocycles. The summed E-state index contributed by atoms with van der Waals surface area (Å²) in [5.74, 6) is -2.66. The van der Waals surface area contributed by atoms with Gasteiger partial charge in [-0.3, -0.25) is 9.59 Å². The molecule has 0 radical (unpaired) electrons. The number of carboxylic acids is 1. The number of hydrogen-bond donors (Lipinski definition) is 1. The Kier molecular flexibility index (Phi) is 5.37. The molecule has 1 aliphatic carbocycles. The van der Waals surface area contributed by atoms with Crippen molar-refractivity contribution in [2.75, 3.05) is 6.61 Å². The molecule has 0 amide bonds. The predicted octanol–water partition coefficient (Wildman–Crippen LogP) is 3.63. The first-order chi connectivity index (χ1) is 12.4. The molecule has 6 unspecified atom stereocenters. The van der Waals surface area contributed by atoms with E-state index in [0.717, 1.165) is 18.4 Å². The van der Waals surface area contributed by atoms with Crippen LogP contribution in [0.2, 0.25) is 0 Å². The lowest BCUT2D eigenvalue weighted by molar-refractivity contribution is -0.175. The minimum absolute atomic E-state index is 0.0505. The average Bonchev–Trinajstić information content (AvgIpc) is 3.41. The Labute approximate surface area is 154 Å². The van der Waals surface area contributed by atoms with Crippen LogP contribution in [0.25, 0.3) is 0 Å². The predicted molar refractivity (Wildman–Crippen MR) is 96.7 cm³/mol. The first-order valence-electron chi connectivity index (χ1n) is 9.54. The van der Waals surface area contributed by atoms with Crippen molar-refractivity contribution < 1.29 is 24.2 Å². The number of ether oxygens (including phenoxy) is 2. The zero-order valence-corrected chi connectivity index (χ0v) is 15.7. The van der Waals surface area contributed by atoms with Gasteiger partial charge in [0.2, 0.25) is 0 Å². The van der Waals surface area contributed by atoms with Gasteiger partial charge in [-0.15, -0.1) is 0 Å². The second-order valence-electron chi connectivity index (χ2n) is 7.68. The van der Waals surface area contributed by atoms with Crippen molar-refractivity contribution >= 4 is 11.9 Å². The fraction of sp³-hybridized carbons (Fsp3) is 0.619. The number of carbonyl (C=O) groups excluding carboxylic acids is 1. The molecule has 0 aromatic heterocycles. The Hall–Kier alpha value is -1.88. The van der Waals surface area contributed by atoms with E-state index in [2.05, 4.69) is 0 Å². The van der Waals surface area contributed by atoms with E-state index in [4.69, 9.17) is 9.47 Å². The maximum Gasteiger partial charge on any atom is 0.313 e. The van der Waals surface area contributed by atoms with Crippen molar-refractivity contribution in [1.82, 2.24) is 0 Å². The van der Waals surface area contributed by atoms with Crippen molar-refractivity contribution in [3.05, 3.63) is 35.9 Å². The quantitative estimate of drug-likeness (QED) is 0.456. The summed E-state index contributed by atoms with van der Waals surface area (Å²) >= 11 is 0. The van der Waals surface area contributed by atoms with Crippen LogP contribution < -0.4 is 0 Å². The highest BCUT2D eigenvalue weighted by Crippen LogP contribution is 2.59. The molecule has 5 heteroatoms. The van der Waals surface area contributed by atoms with Gasteiger partial charge in [-0.1, -0.05) is 57.5 Å². The molecule has 1 heterocycles. The summed E-state index contributed by atoms with van der Waals surface area (Å²) < 4.78 is 11.3. The summed E-state index contributed by atoms with van der Waals surface area (Å²) in [6.45, 7) is 6.19. The summed E-state index contributed by atoms with van der Waals surface area (Å²) in [6.07, 6.45) is 1.99. The Morgan fingerprint density at radius 3 is 2.65 bits per heavy atom. The van der Waals surface area contributed by atoms with E-state index < -0.39 is 23.3 Å². The molecule has 26 heavy (non-hydrogen) atoms. The summed E-state index contributed by atoms with van der Waals surface area (Å²) in [5.41, 5.74) is -0.157. The molecular weight excluding hydrogens is 332 g/mol. The van der Waals surface area contributed by atoms with Crippen molar-refractivity contribution in [2.24, 2.45) is 17.3 Å². The Morgan fingerprint density at radius 1 is 1.35 bits per heavy atom. The van der Waals surface area contributed by atoms with Crippen LogP contribution >= 0.6 is 0 Å². The van der Waals surface area contributed by atoms with E-state index in [9.17, 15) is 14.7 Å². The van der Waals surface area contributed by atoms with Gasteiger partial charge in [0.15, 0.2) is 0 Å². The largest absolute Gasteiger partial charge is 0.481 e. The van der Waals surface area contributed by atoms with E-state index in [1.54, 1.807) is 0 Å². The molecule has 1 saturated heterocycles. The standard InChI is InChI=1S/C21H28O5/c1-4-5-11-25-20(24)21(14(3)15-9-7-6-8-10-15)12-16-18(26-16)13(2)17(21)19(22)23/h6-10,13-14,16-18H,4-5,11-12H2,1-3H3,(H,22,23). The third-order valence-electron chi connectivity index (χ3n) is 6.21. The minimum atomic E-state index is -1.11. The number of aliphatic carboxylic acids is 1. The fourth-order valence-corrected chi connectivity index (χ4v) is 4.66. The van der Waals surface area contributed by atoms with Crippen LogP contribution in [-0.2, 0) is 19.1 Å². The lowest BCUT2D eigenvalue weighted by Gasteiger charge is -2.45. The van der Waals surface area contributed by atoms with Gasteiger partial charge in [-0.05, 0) is 30.2 Å². The molecule has 6 atom stereocenters. The lowest BCUT2D eigenvalue weighted by Crippen LogP contribution is -2.54. The highest BCUT2D eigenvalue weighted by atomic mass is 16.6. The molecule has 1 aromatic rings. The lowest BCUT2D eigenvalue weighted by atomic mass is 9.55. The smallest absolute Gasteiger partial charge is 0.313 e. The third-order valence-corrected chi connectivity index (χ3v) is 6.21. The van der Waals surface area contributed by atoms with Gasteiger partial charge in [0.1, 0.15) is 0 Å². The number of unbranched alkanes of at least 4 members (excludes halogenated alkanes) is 1. The van der Waals surface area contributed by atoms with Gasteiger partial charge in [-0.25, -0.2) is 0 Å². The second kappa shape index (κ2) is 7.39. The molecule has 1 N–H and O–H groups in total. The Balaban J connectivity index is 2.02. The monoisotopic (exact) mass is 360 g/mol. The summed E-state index contributed by atoms with van der Waals surface area (Å²) in [6, 6.07) is 9.66. The highest BCUT2D eigenvalue weighted by molar-refractivity contribution is 5.86. The van der Waals surface area contributed by atoms with Gasteiger partial charge in [0.05, 0.1) is 30.1 Å². The molecule has 2 fully saturated rings. The van der Waals surface area contributed by atoms with Crippen LogP contribution in [-0.4, -0.2) is 35.9 Å². The number of benzene rings is 1. The molecule has 1 aliphatic heterocycles. The molecule has 5 nitrogen and oxygen atoms in total. The number of rotatable bonds is 7. The van der Waals surface area contributed by atoms with E-state index in [1.807, 2.05) is 51.1 Å². The van der Waals surface area contributed by atoms with Crippen molar-refractivity contribution in [3.8, 4) is 0 Å². The van der Waals surface area contributed by atoms with E-state index in [-0.39, 0.29) is 24.0 Å². The number of fused-ring (bicyclic) bond motifs is 1. The zero-order chi connectivity index (χ0) is 18.9. The topological polar surface area (TPSA) is 76.1 Å². The van der Waals surface area contributed by atoms with Crippen molar-refractivity contribution in [2.45, 2.75) is 58.2 Å². The van der Waals surface area contributed by atoms with E-state index in [0.29, 0.717) is 13.0 Å². The van der Waals surface area contributed by atoms with Gasteiger partial charge in [0, 0.05) is 0 Å². The van der Waals surface area contributed by atoms with Gasteiger partial charge in [-0.2, -0.15) is 0 Å². The number of carbonyl (C=O) groups is 2. The molecule has 0 spiro atoms. The van der Waals surface area contributed by atoms with Crippen molar-refractivity contribution in [1.29, 1.82) is 0 Å². The van der Waals surface area contributed by atoms with Crippen LogP contribution in [0.5, 0.6) is 0 Å². The summed E-state index contributed by atoms with van der Waals surface area (Å²) in [7, 11) is 0. The first-order valence-corrected chi connectivity index (χ1v) is 9.54. The highest BCUT2D eigenvalue weighted by Gasteiger charge is 2.67. The maximum absolute atomic E-state index is 13.3. The van der Waals surface area contributed by atoms with Crippen LogP contribution in [0.3, 0.4) is 0 Å². The molecule has 3 rings (SSSR count). The number of carboxylic acid groups (broad SMARTS) is 1. The zero-order valence-electron chi connectivity index (χ0n) is 15.7. The first kappa shape index (κ1) is 18.9.